The third-order valence-corrected chi connectivity index (χ3v) is 2.72. The van der Waals surface area contributed by atoms with Gasteiger partial charge in [-0.05, 0) is 43.3 Å². The molecular formula is C15H16N2O2. The number of hydrogen-bond donors (Lipinski definition) is 2. The number of carbonyl (C=O) groups excluding carboxylic acids is 1. The molecule has 0 saturated heterocycles. The zero-order chi connectivity index (χ0) is 13.8. The number of anilines is 2. The molecule has 0 radical (unpaired) electrons. The second-order valence-electron chi connectivity index (χ2n) is 4.14. The van der Waals surface area contributed by atoms with Gasteiger partial charge in [0.15, 0.2) is 5.78 Å². The van der Waals surface area contributed by atoms with Crippen molar-refractivity contribution >= 4 is 17.2 Å². The van der Waals surface area contributed by atoms with Crippen molar-refractivity contribution in [3.8, 4) is 5.75 Å². The van der Waals surface area contributed by atoms with E-state index in [4.69, 9.17) is 16.2 Å². The summed E-state index contributed by atoms with van der Waals surface area (Å²) < 4.78 is 5.46. The van der Waals surface area contributed by atoms with Gasteiger partial charge in [0.05, 0.1) is 12.2 Å². The quantitative estimate of drug-likeness (QED) is 0.650. The van der Waals surface area contributed by atoms with Crippen molar-refractivity contribution < 1.29 is 9.53 Å². The van der Waals surface area contributed by atoms with Crippen LogP contribution >= 0.6 is 0 Å². The SMILES string of the molecule is CCOc1cc(N)ccc1C(=O)c1ccc(N)cc1. The van der Waals surface area contributed by atoms with Crippen LogP contribution in [-0.2, 0) is 0 Å². The molecular weight excluding hydrogens is 240 g/mol. The van der Waals surface area contributed by atoms with Crippen LogP contribution in [0.4, 0.5) is 11.4 Å². The first-order valence-electron chi connectivity index (χ1n) is 6.04. The molecule has 0 aliphatic rings. The number of ether oxygens (including phenoxy) is 1. The van der Waals surface area contributed by atoms with Gasteiger partial charge >= 0.3 is 0 Å². The number of rotatable bonds is 4. The summed E-state index contributed by atoms with van der Waals surface area (Å²) in [6, 6.07) is 11.8. The highest BCUT2D eigenvalue weighted by Gasteiger charge is 2.14. The molecule has 0 heterocycles. The Labute approximate surface area is 112 Å². The summed E-state index contributed by atoms with van der Waals surface area (Å²) in [4.78, 5) is 12.4. The van der Waals surface area contributed by atoms with Crippen LogP contribution in [0.5, 0.6) is 5.75 Å². The Morgan fingerprint density at radius 3 is 2.32 bits per heavy atom. The van der Waals surface area contributed by atoms with Crippen molar-refractivity contribution in [1.29, 1.82) is 0 Å². The molecule has 0 unspecified atom stereocenters. The Hall–Kier alpha value is -2.49. The van der Waals surface area contributed by atoms with E-state index < -0.39 is 0 Å². The average molecular weight is 256 g/mol. The molecule has 0 aromatic heterocycles. The predicted molar refractivity (Wildman–Crippen MR) is 76.3 cm³/mol. The van der Waals surface area contributed by atoms with Crippen LogP contribution in [0.15, 0.2) is 42.5 Å². The van der Waals surface area contributed by atoms with Gasteiger partial charge < -0.3 is 16.2 Å². The van der Waals surface area contributed by atoms with Gasteiger partial charge in [0.1, 0.15) is 5.75 Å². The van der Waals surface area contributed by atoms with E-state index in [1.54, 1.807) is 42.5 Å². The van der Waals surface area contributed by atoms with E-state index in [0.717, 1.165) is 0 Å². The molecule has 4 nitrogen and oxygen atoms in total. The summed E-state index contributed by atoms with van der Waals surface area (Å²) in [6.45, 7) is 2.34. The number of hydrogen-bond acceptors (Lipinski definition) is 4. The van der Waals surface area contributed by atoms with Crippen LogP contribution in [0, 0.1) is 0 Å². The van der Waals surface area contributed by atoms with Crippen molar-refractivity contribution in [3.05, 3.63) is 53.6 Å². The topological polar surface area (TPSA) is 78.3 Å². The Morgan fingerprint density at radius 1 is 1.05 bits per heavy atom. The van der Waals surface area contributed by atoms with E-state index in [0.29, 0.717) is 34.9 Å². The first-order chi connectivity index (χ1) is 9.11. The number of benzene rings is 2. The maximum absolute atomic E-state index is 12.4. The van der Waals surface area contributed by atoms with Crippen LogP contribution in [0.3, 0.4) is 0 Å². The van der Waals surface area contributed by atoms with Crippen LogP contribution in [0.2, 0.25) is 0 Å². The molecule has 0 saturated carbocycles. The smallest absolute Gasteiger partial charge is 0.196 e. The Morgan fingerprint density at radius 2 is 1.68 bits per heavy atom. The minimum Gasteiger partial charge on any atom is -0.493 e. The lowest BCUT2D eigenvalue weighted by Gasteiger charge is -2.10. The maximum atomic E-state index is 12.4. The van der Waals surface area contributed by atoms with Crippen molar-refractivity contribution in [2.75, 3.05) is 18.1 Å². The molecule has 0 spiro atoms. The van der Waals surface area contributed by atoms with E-state index in [2.05, 4.69) is 0 Å². The molecule has 0 bridgehead atoms. The second kappa shape index (κ2) is 5.44. The van der Waals surface area contributed by atoms with Gasteiger partial charge in [-0.1, -0.05) is 0 Å². The summed E-state index contributed by atoms with van der Waals surface area (Å²) in [6.07, 6.45) is 0. The fourth-order valence-corrected chi connectivity index (χ4v) is 1.79. The molecule has 0 amide bonds. The van der Waals surface area contributed by atoms with Gasteiger partial charge in [0, 0.05) is 23.0 Å². The lowest BCUT2D eigenvalue weighted by molar-refractivity contribution is 0.103. The van der Waals surface area contributed by atoms with E-state index in [9.17, 15) is 4.79 Å². The summed E-state index contributed by atoms with van der Waals surface area (Å²) in [5, 5.41) is 0. The fourth-order valence-electron chi connectivity index (χ4n) is 1.79. The molecule has 98 valence electrons. The maximum Gasteiger partial charge on any atom is 0.196 e. The minimum atomic E-state index is -0.108. The summed E-state index contributed by atoms with van der Waals surface area (Å²) in [7, 11) is 0. The summed E-state index contributed by atoms with van der Waals surface area (Å²) in [5.41, 5.74) is 13.6. The van der Waals surface area contributed by atoms with Crippen molar-refractivity contribution in [3.63, 3.8) is 0 Å². The van der Waals surface area contributed by atoms with Gasteiger partial charge in [-0.15, -0.1) is 0 Å². The largest absolute Gasteiger partial charge is 0.493 e. The van der Waals surface area contributed by atoms with Crippen molar-refractivity contribution in [1.82, 2.24) is 0 Å². The predicted octanol–water partition coefficient (Wildman–Crippen LogP) is 2.48. The molecule has 4 heteroatoms. The first kappa shape index (κ1) is 13.0. The number of nitrogen functional groups attached to an aromatic ring is 2. The molecule has 4 N–H and O–H groups in total. The minimum absolute atomic E-state index is 0.108. The second-order valence-corrected chi connectivity index (χ2v) is 4.14. The molecule has 2 rings (SSSR count). The van der Waals surface area contributed by atoms with E-state index in [1.807, 2.05) is 6.92 Å². The number of nitrogens with two attached hydrogens (primary N) is 2. The highest BCUT2D eigenvalue weighted by atomic mass is 16.5. The Kier molecular flexibility index (Phi) is 3.71. The molecule has 19 heavy (non-hydrogen) atoms. The van der Waals surface area contributed by atoms with Crippen LogP contribution < -0.4 is 16.2 Å². The molecule has 0 fully saturated rings. The number of carbonyl (C=O) groups is 1. The highest BCUT2D eigenvalue weighted by Crippen LogP contribution is 2.25. The zero-order valence-corrected chi connectivity index (χ0v) is 10.7. The first-order valence-corrected chi connectivity index (χ1v) is 6.04. The van der Waals surface area contributed by atoms with Gasteiger partial charge in [-0.3, -0.25) is 4.79 Å². The van der Waals surface area contributed by atoms with Gasteiger partial charge in [-0.2, -0.15) is 0 Å². The summed E-state index contributed by atoms with van der Waals surface area (Å²) in [5.74, 6) is 0.396. The molecule has 2 aromatic carbocycles. The van der Waals surface area contributed by atoms with Crippen LogP contribution in [-0.4, -0.2) is 12.4 Å². The molecule has 0 aliphatic heterocycles. The Bertz CT molecular complexity index is 592. The molecule has 0 aliphatic carbocycles. The van der Waals surface area contributed by atoms with E-state index in [1.165, 1.54) is 0 Å². The highest BCUT2D eigenvalue weighted by molar-refractivity contribution is 6.11. The lowest BCUT2D eigenvalue weighted by Crippen LogP contribution is -2.06. The van der Waals surface area contributed by atoms with Crippen molar-refractivity contribution in [2.24, 2.45) is 0 Å². The van der Waals surface area contributed by atoms with Crippen LogP contribution in [0.25, 0.3) is 0 Å². The standard InChI is InChI=1S/C15H16N2O2/c1-2-19-14-9-12(17)7-8-13(14)15(18)10-3-5-11(16)6-4-10/h3-9H,2,16-17H2,1H3. The Balaban J connectivity index is 2.40. The van der Waals surface area contributed by atoms with Gasteiger partial charge in [0.2, 0.25) is 0 Å². The van der Waals surface area contributed by atoms with E-state index in [-0.39, 0.29) is 5.78 Å². The monoisotopic (exact) mass is 256 g/mol. The lowest BCUT2D eigenvalue weighted by atomic mass is 10.0. The summed E-state index contributed by atoms with van der Waals surface area (Å²) >= 11 is 0. The average Bonchev–Trinajstić information content (AvgIpc) is 2.39. The third kappa shape index (κ3) is 2.85. The zero-order valence-electron chi connectivity index (χ0n) is 10.7. The van der Waals surface area contributed by atoms with Gasteiger partial charge in [-0.25, -0.2) is 0 Å². The third-order valence-electron chi connectivity index (χ3n) is 2.72. The fraction of sp³-hybridized carbons (Fsp3) is 0.133. The molecule has 2 aromatic rings. The van der Waals surface area contributed by atoms with E-state index >= 15 is 0 Å². The van der Waals surface area contributed by atoms with Crippen molar-refractivity contribution in [2.45, 2.75) is 6.92 Å². The molecule has 0 atom stereocenters. The van der Waals surface area contributed by atoms with Gasteiger partial charge in [0.25, 0.3) is 0 Å². The number of ketones is 1. The normalized spacial score (nSPS) is 10.2. The van der Waals surface area contributed by atoms with Crippen LogP contribution in [0.1, 0.15) is 22.8 Å².